The highest BCUT2D eigenvalue weighted by Crippen LogP contribution is 2.05. The molecule has 0 aliphatic heterocycles. The zero-order chi connectivity index (χ0) is 16.1. The number of hydrogen-bond donors (Lipinski definition) is 2. The summed E-state index contributed by atoms with van der Waals surface area (Å²) in [5.74, 6) is -1.31. The Kier molecular flexibility index (Phi) is 4.92. The molecule has 0 spiro atoms. The summed E-state index contributed by atoms with van der Waals surface area (Å²) in [6.07, 6.45) is 3.98. The summed E-state index contributed by atoms with van der Waals surface area (Å²) in [6, 6.07) is 2.63. The van der Waals surface area contributed by atoms with Gasteiger partial charge in [-0.1, -0.05) is 0 Å². The summed E-state index contributed by atoms with van der Waals surface area (Å²) < 4.78 is 3.12. The van der Waals surface area contributed by atoms with Gasteiger partial charge in [-0.3, -0.25) is 14.2 Å². The normalized spacial score (nSPS) is 12.1. The van der Waals surface area contributed by atoms with Crippen molar-refractivity contribution in [1.82, 2.24) is 24.9 Å². The number of rotatable bonds is 7. The predicted molar refractivity (Wildman–Crippen MR) is 78.5 cm³/mol. The molecule has 0 fully saturated rings. The highest BCUT2D eigenvalue weighted by atomic mass is 16.4. The van der Waals surface area contributed by atoms with E-state index in [1.807, 2.05) is 17.7 Å². The van der Waals surface area contributed by atoms with Crippen LogP contribution in [-0.4, -0.2) is 43.1 Å². The van der Waals surface area contributed by atoms with Gasteiger partial charge in [0, 0.05) is 31.2 Å². The Morgan fingerprint density at radius 2 is 2.18 bits per heavy atom. The first kappa shape index (κ1) is 15.7. The molecule has 22 heavy (non-hydrogen) atoms. The van der Waals surface area contributed by atoms with E-state index >= 15 is 0 Å². The summed E-state index contributed by atoms with van der Waals surface area (Å²) >= 11 is 0. The molecule has 1 unspecified atom stereocenters. The highest BCUT2D eigenvalue weighted by Gasteiger charge is 2.16. The lowest BCUT2D eigenvalue weighted by atomic mass is 10.3. The number of carbonyl (C=O) groups is 2. The first-order valence-electron chi connectivity index (χ1n) is 7.03. The van der Waals surface area contributed by atoms with Gasteiger partial charge in [-0.2, -0.15) is 10.2 Å². The standard InChI is InChI=1S/C14H19N5O3/c1-10-4-7-16-18(10)8-3-6-15-13(20)12-5-9-19(17-12)11(2)14(21)22/h4-5,7,9,11H,3,6,8H2,1-2H3,(H,15,20)(H,21,22). The van der Waals surface area contributed by atoms with E-state index in [2.05, 4.69) is 15.5 Å². The Morgan fingerprint density at radius 3 is 2.82 bits per heavy atom. The Hall–Kier alpha value is -2.64. The Bertz CT molecular complexity index is 661. The fraction of sp³-hybridized carbons (Fsp3) is 0.429. The summed E-state index contributed by atoms with van der Waals surface area (Å²) in [5.41, 5.74) is 1.29. The molecule has 2 rings (SSSR count). The molecule has 2 N–H and O–H groups in total. The molecule has 118 valence electrons. The van der Waals surface area contributed by atoms with Crippen LogP contribution in [0.3, 0.4) is 0 Å². The molecule has 0 aromatic carbocycles. The quantitative estimate of drug-likeness (QED) is 0.738. The van der Waals surface area contributed by atoms with Crippen molar-refractivity contribution < 1.29 is 14.7 Å². The molecule has 0 saturated carbocycles. The van der Waals surface area contributed by atoms with Gasteiger partial charge in [-0.25, -0.2) is 4.79 Å². The van der Waals surface area contributed by atoms with Crippen LogP contribution in [0.4, 0.5) is 0 Å². The van der Waals surface area contributed by atoms with Crippen molar-refractivity contribution in [2.45, 2.75) is 32.9 Å². The third-order valence-electron chi connectivity index (χ3n) is 3.36. The number of nitrogens with one attached hydrogen (secondary N) is 1. The van der Waals surface area contributed by atoms with Gasteiger partial charge in [0.2, 0.25) is 0 Å². The van der Waals surface area contributed by atoms with E-state index in [1.165, 1.54) is 23.9 Å². The molecule has 0 bridgehead atoms. The molecule has 0 aliphatic carbocycles. The van der Waals surface area contributed by atoms with E-state index in [-0.39, 0.29) is 11.6 Å². The molecule has 2 heterocycles. The number of aryl methyl sites for hydroxylation is 2. The molecule has 0 aliphatic rings. The Morgan fingerprint density at radius 1 is 1.41 bits per heavy atom. The minimum absolute atomic E-state index is 0.211. The highest BCUT2D eigenvalue weighted by molar-refractivity contribution is 5.92. The van der Waals surface area contributed by atoms with Gasteiger partial charge in [0.25, 0.3) is 5.91 Å². The largest absolute Gasteiger partial charge is 0.480 e. The zero-order valence-corrected chi connectivity index (χ0v) is 12.6. The van der Waals surface area contributed by atoms with Gasteiger partial charge in [-0.15, -0.1) is 0 Å². The van der Waals surface area contributed by atoms with Crippen molar-refractivity contribution in [2.75, 3.05) is 6.54 Å². The van der Waals surface area contributed by atoms with Crippen LogP contribution in [0.15, 0.2) is 24.5 Å². The summed E-state index contributed by atoms with van der Waals surface area (Å²) in [7, 11) is 0. The summed E-state index contributed by atoms with van der Waals surface area (Å²) in [4.78, 5) is 22.8. The van der Waals surface area contributed by atoms with E-state index in [1.54, 1.807) is 6.20 Å². The monoisotopic (exact) mass is 305 g/mol. The Labute approximate surface area is 127 Å². The van der Waals surface area contributed by atoms with Crippen molar-refractivity contribution in [1.29, 1.82) is 0 Å². The molecule has 2 aromatic rings. The first-order chi connectivity index (χ1) is 10.5. The number of aliphatic carboxylic acids is 1. The van der Waals surface area contributed by atoms with Crippen LogP contribution >= 0.6 is 0 Å². The van der Waals surface area contributed by atoms with E-state index in [9.17, 15) is 9.59 Å². The second kappa shape index (κ2) is 6.88. The fourth-order valence-electron chi connectivity index (χ4n) is 1.94. The van der Waals surface area contributed by atoms with Crippen LogP contribution in [-0.2, 0) is 11.3 Å². The van der Waals surface area contributed by atoms with Gasteiger partial charge in [0.15, 0.2) is 0 Å². The average molecular weight is 305 g/mol. The third-order valence-corrected chi connectivity index (χ3v) is 3.36. The molecule has 0 radical (unpaired) electrons. The van der Waals surface area contributed by atoms with E-state index < -0.39 is 12.0 Å². The molecular formula is C14H19N5O3. The second-order valence-electron chi connectivity index (χ2n) is 5.00. The minimum Gasteiger partial charge on any atom is -0.480 e. The molecule has 2 aromatic heterocycles. The van der Waals surface area contributed by atoms with Gasteiger partial charge in [0.05, 0.1) is 0 Å². The zero-order valence-electron chi connectivity index (χ0n) is 12.6. The SMILES string of the molecule is Cc1ccnn1CCCNC(=O)c1ccn(C(C)C(=O)O)n1. The average Bonchev–Trinajstić information content (AvgIpc) is 3.12. The smallest absolute Gasteiger partial charge is 0.328 e. The predicted octanol–water partition coefficient (Wildman–Crippen LogP) is 0.854. The minimum atomic E-state index is -0.996. The number of carboxylic acids is 1. The van der Waals surface area contributed by atoms with E-state index in [0.29, 0.717) is 6.54 Å². The van der Waals surface area contributed by atoms with Gasteiger partial charge in [-0.05, 0) is 32.4 Å². The van der Waals surface area contributed by atoms with Crippen LogP contribution in [0.1, 0.15) is 35.6 Å². The lowest BCUT2D eigenvalue weighted by Crippen LogP contribution is -2.26. The maximum absolute atomic E-state index is 11.9. The number of carboxylic acid groups (broad SMARTS) is 1. The number of carbonyl (C=O) groups excluding carboxylic acids is 1. The first-order valence-corrected chi connectivity index (χ1v) is 7.03. The number of amides is 1. The second-order valence-corrected chi connectivity index (χ2v) is 5.00. The molecule has 0 saturated heterocycles. The van der Waals surface area contributed by atoms with Crippen LogP contribution in [0.25, 0.3) is 0 Å². The molecular weight excluding hydrogens is 286 g/mol. The Balaban J connectivity index is 1.80. The molecule has 8 heteroatoms. The maximum atomic E-state index is 11.9. The molecule has 1 atom stereocenters. The van der Waals surface area contributed by atoms with Crippen molar-refractivity contribution in [3.63, 3.8) is 0 Å². The van der Waals surface area contributed by atoms with Crippen molar-refractivity contribution >= 4 is 11.9 Å². The summed E-state index contributed by atoms with van der Waals surface area (Å²) in [6.45, 7) is 4.70. The number of aromatic nitrogens is 4. The lowest BCUT2D eigenvalue weighted by molar-refractivity contribution is -0.140. The van der Waals surface area contributed by atoms with Gasteiger partial charge >= 0.3 is 5.97 Å². The van der Waals surface area contributed by atoms with E-state index in [0.717, 1.165) is 18.7 Å². The molecule has 8 nitrogen and oxygen atoms in total. The summed E-state index contributed by atoms with van der Waals surface area (Å²) in [5, 5.41) is 19.8. The van der Waals surface area contributed by atoms with Crippen LogP contribution in [0.5, 0.6) is 0 Å². The van der Waals surface area contributed by atoms with Gasteiger partial charge in [0.1, 0.15) is 11.7 Å². The third kappa shape index (κ3) is 3.72. The number of hydrogen-bond acceptors (Lipinski definition) is 4. The van der Waals surface area contributed by atoms with Gasteiger partial charge < -0.3 is 10.4 Å². The van der Waals surface area contributed by atoms with Crippen molar-refractivity contribution in [2.24, 2.45) is 0 Å². The molecule has 1 amide bonds. The van der Waals surface area contributed by atoms with Crippen molar-refractivity contribution in [3.8, 4) is 0 Å². The van der Waals surface area contributed by atoms with Crippen LogP contribution in [0, 0.1) is 6.92 Å². The van der Waals surface area contributed by atoms with Crippen LogP contribution < -0.4 is 5.32 Å². The topological polar surface area (TPSA) is 102 Å². The van der Waals surface area contributed by atoms with E-state index in [4.69, 9.17) is 5.11 Å². The lowest BCUT2D eigenvalue weighted by Gasteiger charge is -2.06. The maximum Gasteiger partial charge on any atom is 0.328 e. The van der Waals surface area contributed by atoms with Crippen molar-refractivity contribution in [3.05, 3.63) is 35.9 Å². The fourth-order valence-corrected chi connectivity index (χ4v) is 1.94. The number of nitrogens with zero attached hydrogens (tertiary/aromatic N) is 4. The van der Waals surface area contributed by atoms with Crippen LogP contribution in [0.2, 0.25) is 0 Å².